The molecule has 1 atom stereocenters. The molecular formula is C11H21N3O. The Balaban J connectivity index is 2.65. The summed E-state index contributed by atoms with van der Waals surface area (Å²) in [6.45, 7) is 10.4. The highest BCUT2D eigenvalue weighted by Gasteiger charge is 2.23. The van der Waals surface area contributed by atoms with Crippen LogP contribution in [-0.2, 0) is 6.42 Å². The van der Waals surface area contributed by atoms with E-state index in [2.05, 4.69) is 30.9 Å². The molecule has 0 fully saturated rings. The van der Waals surface area contributed by atoms with Crippen LogP contribution < -0.4 is 5.73 Å². The van der Waals surface area contributed by atoms with E-state index in [4.69, 9.17) is 10.3 Å². The zero-order valence-corrected chi connectivity index (χ0v) is 10.2. The smallest absolute Gasteiger partial charge is 0.228 e. The van der Waals surface area contributed by atoms with Crippen molar-refractivity contribution < 1.29 is 4.52 Å². The van der Waals surface area contributed by atoms with Crippen molar-refractivity contribution >= 4 is 0 Å². The Kier molecular flexibility index (Phi) is 3.50. The van der Waals surface area contributed by atoms with Crippen molar-refractivity contribution in [3.05, 3.63) is 11.7 Å². The molecular weight excluding hydrogens is 190 g/mol. The van der Waals surface area contributed by atoms with E-state index in [0.717, 1.165) is 5.82 Å². The van der Waals surface area contributed by atoms with Gasteiger partial charge in [0.05, 0.1) is 0 Å². The normalized spacial score (nSPS) is 14.6. The first-order valence-corrected chi connectivity index (χ1v) is 5.38. The van der Waals surface area contributed by atoms with Gasteiger partial charge in [0.1, 0.15) is 0 Å². The first-order chi connectivity index (χ1) is 6.80. The lowest BCUT2D eigenvalue weighted by Gasteiger charge is -2.25. The molecule has 1 aromatic heterocycles. The number of nitrogens with two attached hydrogens (primary N) is 1. The highest BCUT2D eigenvalue weighted by molar-refractivity contribution is 4.94. The molecule has 0 bridgehead atoms. The predicted octanol–water partition coefficient (Wildman–Crippen LogP) is 2.11. The third-order valence-electron chi connectivity index (χ3n) is 2.51. The number of rotatable bonds is 3. The molecule has 0 radical (unpaired) electrons. The van der Waals surface area contributed by atoms with Gasteiger partial charge in [0.2, 0.25) is 5.89 Å². The van der Waals surface area contributed by atoms with E-state index in [9.17, 15) is 0 Å². The summed E-state index contributed by atoms with van der Waals surface area (Å²) in [6, 6.07) is 0.0398. The summed E-state index contributed by atoms with van der Waals surface area (Å²) in [5, 5.41) is 3.91. The molecule has 0 amide bonds. The summed E-state index contributed by atoms with van der Waals surface area (Å²) in [5.74, 6) is 1.69. The van der Waals surface area contributed by atoms with Crippen LogP contribution >= 0.6 is 0 Å². The first kappa shape index (κ1) is 12.2. The number of aromatic nitrogens is 2. The molecule has 0 spiro atoms. The summed E-state index contributed by atoms with van der Waals surface area (Å²) in [7, 11) is 0. The van der Waals surface area contributed by atoms with Gasteiger partial charge in [-0.1, -0.05) is 39.8 Å². The molecule has 86 valence electrons. The van der Waals surface area contributed by atoms with E-state index < -0.39 is 0 Å². The molecule has 1 heterocycles. The quantitative estimate of drug-likeness (QED) is 0.831. The number of nitrogens with zero attached hydrogens (tertiary/aromatic N) is 2. The second-order valence-electron chi connectivity index (χ2n) is 5.38. The minimum absolute atomic E-state index is 0.0398. The maximum atomic E-state index is 6.04. The third kappa shape index (κ3) is 3.30. The second-order valence-corrected chi connectivity index (χ2v) is 5.38. The molecule has 1 rings (SSSR count). The molecule has 1 unspecified atom stereocenters. The van der Waals surface area contributed by atoms with Crippen LogP contribution in [-0.4, -0.2) is 16.2 Å². The zero-order chi connectivity index (χ0) is 11.6. The Morgan fingerprint density at radius 2 is 1.93 bits per heavy atom. The lowest BCUT2D eigenvalue weighted by Crippen LogP contribution is -2.37. The SMILES string of the molecule is CC(C)c1noc(CC(N)C(C)(C)C)n1. The van der Waals surface area contributed by atoms with Crippen LogP contribution in [0.4, 0.5) is 0 Å². The van der Waals surface area contributed by atoms with Crippen molar-refractivity contribution in [1.82, 2.24) is 10.1 Å². The van der Waals surface area contributed by atoms with Crippen molar-refractivity contribution in [2.24, 2.45) is 11.1 Å². The summed E-state index contributed by atoms with van der Waals surface area (Å²) in [5.41, 5.74) is 6.10. The van der Waals surface area contributed by atoms with E-state index in [1.807, 2.05) is 13.8 Å². The highest BCUT2D eigenvalue weighted by atomic mass is 16.5. The van der Waals surface area contributed by atoms with Gasteiger partial charge in [-0.3, -0.25) is 0 Å². The molecule has 1 aromatic rings. The molecule has 0 aliphatic rings. The van der Waals surface area contributed by atoms with Gasteiger partial charge < -0.3 is 10.3 Å². The van der Waals surface area contributed by atoms with Gasteiger partial charge in [-0.2, -0.15) is 4.98 Å². The van der Waals surface area contributed by atoms with Gasteiger partial charge in [-0.25, -0.2) is 0 Å². The first-order valence-electron chi connectivity index (χ1n) is 5.38. The Bertz CT molecular complexity index is 312. The third-order valence-corrected chi connectivity index (χ3v) is 2.51. The van der Waals surface area contributed by atoms with Crippen LogP contribution in [0.25, 0.3) is 0 Å². The van der Waals surface area contributed by atoms with Gasteiger partial charge in [0.15, 0.2) is 5.82 Å². The number of hydrogen-bond donors (Lipinski definition) is 1. The Morgan fingerprint density at radius 1 is 1.33 bits per heavy atom. The van der Waals surface area contributed by atoms with Crippen molar-refractivity contribution in [2.75, 3.05) is 0 Å². The maximum absolute atomic E-state index is 6.04. The molecule has 0 saturated carbocycles. The summed E-state index contributed by atoms with van der Waals surface area (Å²) < 4.78 is 5.15. The molecule has 2 N–H and O–H groups in total. The van der Waals surface area contributed by atoms with Gasteiger partial charge >= 0.3 is 0 Å². The predicted molar refractivity (Wildman–Crippen MR) is 59.5 cm³/mol. The average molecular weight is 211 g/mol. The molecule has 0 aliphatic heterocycles. The van der Waals surface area contributed by atoms with Crippen molar-refractivity contribution in [3.63, 3.8) is 0 Å². The summed E-state index contributed by atoms with van der Waals surface area (Å²) in [6.07, 6.45) is 0.642. The monoisotopic (exact) mass is 211 g/mol. The van der Waals surface area contributed by atoms with Crippen molar-refractivity contribution in [3.8, 4) is 0 Å². The molecule has 15 heavy (non-hydrogen) atoms. The van der Waals surface area contributed by atoms with Gasteiger partial charge in [0, 0.05) is 18.4 Å². The van der Waals surface area contributed by atoms with Gasteiger partial charge in [0.25, 0.3) is 0 Å². The Morgan fingerprint density at radius 3 is 2.33 bits per heavy atom. The van der Waals surface area contributed by atoms with Crippen LogP contribution in [0.5, 0.6) is 0 Å². The largest absolute Gasteiger partial charge is 0.339 e. The molecule has 0 aliphatic carbocycles. The van der Waals surface area contributed by atoms with E-state index >= 15 is 0 Å². The van der Waals surface area contributed by atoms with Crippen LogP contribution in [0, 0.1) is 5.41 Å². The van der Waals surface area contributed by atoms with Crippen LogP contribution in [0.3, 0.4) is 0 Å². The van der Waals surface area contributed by atoms with Crippen molar-refractivity contribution in [1.29, 1.82) is 0 Å². The van der Waals surface area contributed by atoms with Crippen LogP contribution in [0.1, 0.15) is 52.3 Å². The minimum Gasteiger partial charge on any atom is -0.339 e. The van der Waals surface area contributed by atoms with E-state index in [-0.39, 0.29) is 11.5 Å². The van der Waals surface area contributed by atoms with Gasteiger partial charge in [-0.15, -0.1) is 0 Å². The lowest BCUT2D eigenvalue weighted by molar-refractivity contribution is 0.285. The van der Waals surface area contributed by atoms with E-state index in [0.29, 0.717) is 18.2 Å². The molecule has 0 aromatic carbocycles. The Hall–Kier alpha value is -0.900. The second kappa shape index (κ2) is 4.31. The van der Waals surface area contributed by atoms with Crippen LogP contribution in [0.15, 0.2) is 4.52 Å². The fourth-order valence-electron chi connectivity index (χ4n) is 1.08. The lowest BCUT2D eigenvalue weighted by atomic mass is 9.85. The van der Waals surface area contributed by atoms with E-state index in [1.165, 1.54) is 0 Å². The summed E-state index contributed by atoms with van der Waals surface area (Å²) in [4.78, 5) is 4.31. The Labute approximate surface area is 91.2 Å². The van der Waals surface area contributed by atoms with Gasteiger partial charge in [-0.05, 0) is 5.41 Å². The molecule has 0 saturated heterocycles. The zero-order valence-electron chi connectivity index (χ0n) is 10.2. The summed E-state index contributed by atoms with van der Waals surface area (Å²) >= 11 is 0. The van der Waals surface area contributed by atoms with Crippen molar-refractivity contribution in [2.45, 2.75) is 53.0 Å². The highest BCUT2D eigenvalue weighted by Crippen LogP contribution is 2.20. The average Bonchev–Trinajstić information content (AvgIpc) is 2.50. The molecule has 4 nitrogen and oxygen atoms in total. The fraction of sp³-hybridized carbons (Fsp3) is 0.818. The molecule has 4 heteroatoms. The maximum Gasteiger partial charge on any atom is 0.228 e. The fourth-order valence-corrected chi connectivity index (χ4v) is 1.08. The minimum atomic E-state index is 0.0398. The van der Waals surface area contributed by atoms with E-state index in [1.54, 1.807) is 0 Å². The number of hydrogen-bond acceptors (Lipinski definition) is 4. The topological polar surface area (TPSA) is 64.9 Å². The standard InChI is InChI=1S/C11H21N3O/c1-7(2)10-13-9(15-14-10)6-8(12)11(3,4)5/h7-8H,6,12H2,1-5H3. The van der Waals surface area contributed by atoms with Crippen LogP contribution in [0.2, 0.25) is 0 Å².